The molecule has 0 aromatic heterocycles. The number of fused-ring (bicyclic) bond motifs is 1. The highest BCUT2D eigenvalue weighted by Gasteiger charge is 2.08. The average Bonchev–Trinajstić information content (AvgIpc) is 2.41. The number of carboxylic acid groups (broad SMARTS) is 1. The monoisotopic (exact) mass is 202 g/mol. The Labute approximate surface area is 84.4 Å². The van der Waals surface area contributed by atoms with E-state index < -0.39 is 5.97 Å². The van der Waals surface area contributed by atoms with Crippen LogP contribution in [0.3, 0.4) is 0 Å². The SMILES string of the molecule is O=C(O)c1ccc2c(=O)cccc-2nn1. The molecule has 0 unspecified atom stereocenters. The van der Waals surface area contributed by atoms with E-state index in [4.69, 9.17) is 5.11 Å². The Hall–Kier alpha value is -2.30. The maximum atomic E-state index is 11.4. The normalized spacial score (nSPS) is 10.1. The molecule has 0 aromatic rings. The Morgan fingerprint density at radius 1 is 1.13 bits per heavy atom. The van der Waals surface area contributed by atoms with E-state index in [2.05, 4.69) is 10.2 Å². The number of rotatable bonds is 1. The van der Waals surface area contributed by atoms with Gasteiger partial charge in [-0.2, -0.15) is 0 Å². The summed E-state index contributed by atoms with van der Waals surface area (Å²) in [5.74, 6) is -1.17. The molecule has 1 aliphatic carbocycles. The maximum absolute atomic E-state index is 11.4. The minimum Gasteiger partial charge on any atom is -0.476 e. The van der Waals surface area contributed by atoms with Crippen molar-refractivity contribution in [3.05, 3.63) is 46.2 Å². The highest BCUT2D eigenvalue weighted by Crippen LogP contribution is 2.11. The predicted octanol–water partition coefficient (Wildman–Crippen LogP) is 0.640. The lowest BCUT2D eigenvalue weighted by atomic mass is 10.1. The van der Waals surface area contributed by atoms with Gasteiger partial charge in [-0.1, -0.05) is 6.07 Å². The molecule has 0 spiro atoms. The zero-order valence-corrected chi connectivity index (χ0v) is 7.54. The molecular weight excluding hydrogens is 196 g/mol. The van der Waals surface area contributed by atoms with Gasteiger partial charge in [0, 0.05) is 5.56 Å². The summed E-state index contributed by atoms with van der Waals surface area (Å²) in [4.78, 5) is 22.0. The number of carbonyl (C=O) groups is 1. The lowest BCUT2D eigenvalue weighted by Gasteiger charge is -1.92. The van der Waals surface area contributed by atoms with E-state index in [0.717, 1.165) is 0 Å². The summed E-state index contributed by atoms with van der Waals surface area (Å²) in [5.41, 5.74) is 0.354. The molecule has 5 nitrogen and oxygen atoms in total. The molecule has 1 heterocycles. The molecule has 2 rings (SSSR count). The summed E-state index contributed by atoms with van der Waals surface area (Å²) in [7, 11) is 0. The molecule has 0 fully saturated rings. The lowest BCUT2D eigenvalue weighted by molar-refractivity contribution is 0.0689. The van der Waals surface area contributed by atoms with Crippen molar-refractivity contribution in [3.63, 3.8) is 0 Å². The number of aromatic carboxylic acids is 1. The zero-order chi connectivity index (χ0) is 10.8. The van der Waals surface area contributed by atoms with E-state index in [0.29, 0.717) is 11.3 Å². The Morgan fingerprint density at radius 2 is 1.93 bits per heavy atom. The summed E-state index contributed by atoms with van der Waals surface area (Å²) in [5, 5.41) is 15.9. The van der Waals surface area contributed by atoms with Crippen LogP contribution in [0, 0.1) is 0 Å². The summed E-state index contributed by atoms with van der Waals surface area (Å²) >= 11 is 0. The van der Waals surface area contributed by atoms with Gasteiger partial charge >= 0.3 is 5.97 Å². The molecule has 5 heteroatoms. The van der Waals surface area contributed by atoms with Gasteiger partial charge in [-0.25, -0.2) is 4.79 Å². The van der Waals surface area contributed by atoms with Crippen molar-refractivity contribution < 1.29 is 9.90 Å². The molecular formula is C10H6N2O3. The van der Waals surface area contributed by atoms with E-state index in [1.165, 1.54) is 18.2 Å². The van der Waals surface area contributed by atoms with Crippen molar-refractivity contribution in [2.24, 2.45) is 0 Å². The van der Waals surface area contributed by atoms with Gasteiger partial charge in [0.25, 0.3) is 0 Å². The van der Waals surface area contributed by atoms with Crippen LogP contribution in [0.25, 0.3) is 11.3 Å². The molecule has 0 aromatic carbocycles. The van der Waals surface area contributed by atoms with E-state index in [1.54, 1.807) is 12.1 Å². The summed E-state index contributed by atoms with van der Waals surface area (Å²) in [6, 6.07) is 7.24. The Bertz CT molecular complexity index is 554. The summed E-state index contributed by atoms with van der Waals surface area (Å²) in [6.07, 6.45) is 0. The average molecular weight is 202 g/mol. The van der Waals surface area contributed by atoms with Gasteiger partial charge < -0.3 is 5.11 Å². The van der Waals surface area contributed by atoms with E-state index in [1.807, 2.05) is 0 Å². The fraction of sp³-hybridized carbons (Fsp3) is 0. The number of hydrogen-bond acceptors (Lipinski definition) is 4. The molecule has 0 radical (unpaired) electrons. The molecule has 15 heavy (non-hydrogen) atoms. The van der Waals surface area contributed by atoms with Crippen LogP contribution in [-0.2, 0) is 0 Å². The van der Waals surface area contributed by atoms with Gasteiger partial charge in [0.2, 0.25) is 0 Å². The van der Waals surface area contributed by atoms with Crippen molar-refractivity contribution in [1.82, 2.24) is 10.2 Å². The number of carboxylic acids is 1. The van der Waals surface area contributed by atoms with Crippen LogP contribution in [0.15, 0.2) is 35.1 Å². The fourth-order valence-corrected chi connectivity index (χ4v) is 1.20. The molecule has 74 valence electrons. The highest BCUT2D eigenvalue weighted by atomic mass is 16.4. The van der Waals surface area contributed by atoms with Crippen molar-refractivity contribution >= 4 is 5.97 Å². The second kappa shape index (κ2) is 3.45. The van der Waals surface area contributed by atoms with Crippen molar-refractivity contribution in [3.8, 4) is 11.3 Å². The van der Waals surface area contributed by atoms with Gasteiger partial charge in [-0.3, -0.25) is 4.79 Å². The van der Waals surface area contributed by atoms with Gasteiger partial charge in [0.1, 0.15) is 0 Å². The molecule has 1 N–H and O–H groups in total. The Kier molecular flexibility index (Phi) is 2.13. The van der Waals surface area contributed by atoms with E-state index in [9.17, 15) is 9.59 Å². The molecule has 0 saturated heterocycles. The van der Waals surface area contributed by atoms with E-state index >= 15 is 0 Å². The lowest BCUT2D eigenvalue weighted by Crippen LogP contribution is -2.02. The van der Waals surface area contributed by atoms with Gasteiger partial charge in [-0.15, -0.1) is 10.2 Å². The first-order chi connectivity index (χ1) is 7.18. The minimum absolute atomic E-state index is 0.189. The van der Waals surface area contributed by atoms with Crippen LogP contribution in [-0.4, -0.2) is 21.3 Å². The number of benzene rings is 1. The van der Waals surface area contributed by atoms with Crippen LogP contribution in [0.5, 0.6) is 0 Å². The first-order valence-electron chi connectivity index (χ1n) is 4.18. The van der Waals surface area contributed by atoms with Crippen LogP contribution in [0.1, 0.15) is 10.5 Å². The second-order valence-electron chi connectivity index (χ2n) is 2.91. The number of aromatic nitrogens is 2. The third-order valence-corrected chi connectivity index (χ3v) is 1.94. The topological polar surface area (TPSA) is 80.1 Å². The molecule has 0 saturated carbocycles. The van der Waals surface area contributed by atoms with Crippen molar-refractivity contribution in [2.45, 2.75) is 0 Å². The third-order valence-electron chi connectivity index (χ3n) is 1.94. The van der Waals surface area contributed by atoms with E-state index in [-0.39, 0.29) is 11.1 Å². The first kappa shape index (κ1) is 9.26. The smallest absolute Gasteiger partial charge is 0.356 e. The Balaban J connectivity index is 2.76. The number of nitrogens with zero attached hydrogens (tertiary/aromatic N) is 2. The molecule has 0 atom stereocenters. The van der Waals surface area contributed by atoms with Crippen LogP contribution < -0.4 is 5.43 Å². The van der Waals surface area contributed by atoms with Crippen LogP contribution in [0.4, 0.5) is 0 Å². The first-order valence-corrected chi connectivity index (χ1v) is 4.18. The van der Waals surface area contributed by atoms with Gasteiger partial charge in [-0.05, 0) is 24.3 Å². The van der Waals surface area contributed by atoms with Crippen LogP contribution in [0.2, 0.25) is 0 Å². The summed E-state index contributed by atoms with van der Waals surface area (Å²) in [6.45, 7) is 0. The zero-order valence-electron chi connectivity index (χ0n) is 7.54. The largest absolute Gasteiger partial charge is 0.476 e. The van der Waals surface area contributed by atoms with Crippen LogP contribution >= 0.6 is 0 Å². The quantitative estimate of drug-likeness (QED) is 0.733. The predicted molar refractivity (Wildman–Crippen MR) is 51.9 cm³/mol. The van der Waals surface area contributed by atoms with Gasteiger partial charge in [0.15, 0.2) is 11.1 Å². The maximum Gasteiger partial charge on any atom is 0.356 e. The Morgan fingerprint density at radius 3 is 2.67 bits per heavy atom. The standard InChI is InChI=1S/C10H6N2O3/c13-9-3-1-2-7-6(9)4-5-8(10(14)15)12-11-7/h1-5H,(H,14,15). The van der Waals surface area contributed by atoms with Crippen molar-refractivity contribution in [2.75, 3.05) is 0 Å². The number of hydrogen-bond donors (Lipinski definition) is 1. The minimum atomic E-state index is -1.17. The molecule has 1 aliphatic heterocycles. The third kappa shape index (κ3) is 1.67. The summed E-state index contributed by atoms with van der Waals surface area (Å²) < 4.78 is 0. The second-order valence-corrected chi connectivity index (χ2v) is 2.91. The fourth-order valence-electron chi connectivity index (χ4n) is 1.20. The van der Waals surface area contributed by atoms with Gasteiger partial charge in [0.05, 0.1) is 5.69 Å². The molecule has 2 aliphatic rings. The highest BCUT2D eigenvalue weighted by molar-refractivity contribution is 5.85. The molecule has 0 bridgehead atoms. The molecule has 0 amide bonds. The van der Waals surface area contributed by atoms with Crippen molar-refractivity contribution in [1.29, 1.82) is 0 Å².